The van der Waals surface area contributed by atoms with Crippen LogP contribution >= 0.6 is 11.8 Å². The summed E-state index contributed by atoms with van der Waals surface area (Å²) in [5.41, 5.74) is 0. The van der Waals surface area contributed by atoms with E-state index in [-0.39, 0.29) is 29.8 Å². The van der Waals surface area contributed by atoms with Gasteiger partial charge in [0.05, 0.1) is 0 Å². The van der Waals surface area contributed by atoms with Crippen molar-refractivity contribution in [2.75, 3.05) is 12.3 Å². The first-order chi connectivity index (χ1) is 10.0. The second-order valence-electron chi connectivity index (χ2n) is 6.42. The number of hydrogen-bond donors (Lipinski definition) is 1. The van der Waals surface area contributed by atoms with Crippen LogP contribution in [0.3, 0.4) is 0 Å². The Balaban J connectivity index is 2.00. The van der Waals surface area contributed by atoms with Gasteiger partial charge in [-0.2, -0.15) is 11.8 Å². The lowest BCUT2D eigenvalue weighted by Crippen LogP contribution is -2.53. The van der Waals surface area contributed by atoms with E-state index in [4.69, 9.17) is 0 Å². The van der Waals surface area contributed by atoms with Crippen LogP contribution in [0.5, 0.6) is 0 Å². The Labute approximate surface area is 132 Å². The highest BCUT2D eigenvalue weighted by Gasteiger charge is 2.37. The van der Waals surface area contributed by atoms with E-state index in [0.717, 1.165) is 25.1 Å². The predicted molar refractivity (Wildman–Crippen MR) is 87.3 cm³/mol. The van der Waals surface area contributed by atoms with E-state index in [1.54, 1.807) is 4.90 Å². The van der Waals surface area contributed by atoms with Crippen LogP contribution in [0.4, 0.5) is 0 Å². The molecule has 21 heavy (non-hydrogen) atoms. The summed E-state index contributed by atoms with van der Waals surface area (Å²) in [5, 5.41) is 3.78. The number of carbonyl (C=O) groups is 2. The highest BCUT2D eigenvalue weighted by Crippen LogP contribution is 2.30. The normalized spacial score (nSPS) is 27.4. The molecule has 1 saturated carbocycles. The van der Waals surface area contributed by atoms with Gasteiger partial charge in [0.15, 0.2) is 0 Å². The van der Waals surface area contributed by atoms with E-state index in [9.17, 15) is 9.59 Å². The number of carbonyl (C=O) groups excluding carboxylic acids is 2. The number of thioether (sulfide) groups is 1. The fourth-order valence-electron chi connectivity index (χ4n) is 3.54. The number of likely N-dealkylation sites (tertiary alicyclic amines) is 1. The molecule has 2 rings (SSSR count). The maximum absolute atomic E-state index is 12.7. The predicted octanol–water partition coefficient (Wildman–Crippen LogP) is 2.42. The molecule has 0 aromatic rings. The van der Waals surface area contributed by atoms with Gasteiger partial charge < -0.3 is 10.2 Å². The first kappa shape index (κ1) is 16.7. The number of nitrogens with one attached hydrogen (secondary N) is 1. The minimum absolute atomic E-state index is 0.0499. The van der Waals surface area contributed by atoms with Crippen molar-refractivity contribution in [1.29, 1.82) is 0 Å². The van der Waals surface area contributed by atoms with E-state index in [1.165, 1.54) is 12.8 Å². The minimum Gasteiger partial charge on any atom is -0.350 e. The SMILES string of the molecule is CCS[C@@H]1CCC[C@H]1NC(=O)[C@H](C(C)C)N1CCCC1=O. The molecule has 2 aliphatic rings. The van der Waals surface area contributed by atoms with Crippen LogP contribution in [0.1, 0.15) is 52.9 Å². The molecular formula is C16H28N2O2S. The molecule has 0 aromatic heterocycles. The van der Waals surface area contributed by atoms with Gasteiger partial charge in [0.2, 0.25) is 11.8 Å². The van der Waals surface area contributed by atoms with Gasteiger partial charge >= 0.3 is 0 Å². The molecule has 1 N–H and O–H groups in total. The van der Waals surface area contributed by atoms with Crippen molar-refractivity contribution in [3.8, 4) is 0 Å². The molecule has 0 unspecified atom stereocenters. The van der Waals surface area contributed by atoms with Gasteiger partial charge in [-0.3, -0.25) is 9.59 Å². The maximum Gasteiger partial charge on any atom is 0.243 e. The summed E-state index contributed by atoms with van der Waals surface area (Å²) in [4.78, 5) is 26.5. The molecule has 5 heteroatoms. The van der Waals surface area contributed by atoms with Crippen LogP contribution in [0.2, 0.25) is 0 Å². The van der Waals surface area contributed by atoms with Gasteiger partial charge in [-0.05, 0) is 30.9 Å². The zero-order valence-electron chi connectivity index (χ0n) is 13.4. The lowest BCUT2D eigenvalue weighted by Gasteiger charge is -2.32. The molecule has 1 aliphatic heterocycles. The van der Waals surface area contributed by atoms with Crippen molar-refractivity contribution in [3.05, 3.63) is 0 Å². The summed E-state index contributed by atoms with van der Waals surface area (Å²) in [7, 11) is 0. The Morgan fingerprint density at radius 3 is 2.71 bits per heavy atom. The molecule has 2 amide bonds. The highest BCUT2D eigenvalue weighted by molar-refractivity contribution is 7.99. The van der Waals surface area contributed by atoms with Crippen LogP contribution < -0.4 is 5.32 Å². The molecule has 1 saturated heterocycles. The second-order valence-corrected chi connectivity index (χ2v) is 7.94. The smallest absolute Gasteiger partial charge is 0.243 e. The van der Waals surface area contributed by atoms with Crippen LogP contribution in [0.25, 0.3) is 0 Å². The molecule has 0 aromatic carbocycles. The standard InChI is InChI=1S/C16H28N2O2S/c1-4-21-13-8-5-7-12(13)17-16(20)15(11(2)3)18-10-6-9-14(18)19/h11-13,15H,4-10H2,1-3H3,(H,17,20)/t12-,13-,15+/m1/s1. The van der Waals surface area contributed by atoms with Gasteiger partial charge in [-0.15, -0.1) is 0 Å². The maximum atomic E-state index is 12.7. The molecular weight excluding hydrogens is 284 g/mol. The molecule has 0 radical (unpaired) electrons. The summed E-state index contributed by atoms with van der Waals surface area (Å²) >= 11 is 1.95. The highest BCUT2D eigenvalue weighted by atomic mass is 32.2. The number of amides is 2. The Kier molecular flexibility index (Phi) is 5.97. The van der Waals surface area contributed by atoms with Crippen LogP contribution in [-0.4, -0.2) is 46.3 Å². The zero-order valence-corrected chi connectivity index (χ0v) is 14.2. The van der Waals surface area contributed by atoms with Crippen molar-refractivity contribution in [3.63, 3.8) is 0 Å². The van der Waals surface area contributed by atoms with E-state index in [1.807, 2.05) is 25.6 Å². The first-order valence-electron chi connectivity index (χ1n) is 8.26. The summed E-state index contributed by atoms with van der Waals surface area (Å²) in [6.07, 6.45) is 4.93. The molecule has 1 heterocycles. The molecule has 3 atom stereocenters. The average Bonchev–Trinajstić information content (AvgIpc) is 3.01. The van der Waals surface area contributed by atoms with Crippen molar-refractivity contribution in [1.82, 2.24) is 10.2 Å². The fraction of sp³-hybridized carbons (Fsp3) is 0.875. The van der Waals surface area contributed by atoms with E-state index >= 15 is 0 Å². The number of nitrogens with zero attached hydrogens (tertiary/aromatic N) is 1. The van der Waals surface area contributed by atoms with Crippen molar-refractivity contribution >= 4 is 23.6 Å². The Bertz CT molecular complexity index is 386. The van der Waals surface area contributed by atoms with Crippen molar-refractivity contribution < 1.29 is 9.59 Å². The van der Waals surface area contributed by atoms with E-state index in [0.29, 0.717) is 11.7 Å². The Morgan fingerprint density at radius 2 is 2.14 bits per heavy atom. The monoisotopic (exact) mass is 312 g/mol. The summed E-state index contributed by atoms with van der Waals surface area (Å²) in [5.74, 6) is 1.43. The van der Waals surface area contributed by atoms with E-state index < -0.39 is 0 Å². The van der Waals surface area contributed by atoms with E-state index in [2.05, 4.69) is 12.2 Å². The molecule has 4 nitrogen and oxygen atoms in total. The van der Waals surface area contributed by atoms with Gasteiger partial charge in [0, 0.05) is 24.3 Å². The topological polar surface area (TPSA) is 49.4 Å². The Morgan fingerprint density at radius 1 is 1.38 bits per heavy atom. The first-order valence-corrected chi connectivity index (χ1v) is 9.31. The summed E-state index contributed by atoms with van der Waals surface area (Å²) in [6.45, 7) is 6.96. The van der Waals surface area contributed by atoms with Crippen molar-refractivity contribution in [2.45, 2.75) is 70.2 Å². The largest absolute Gasteiger partial charge is 0.350 e. The van der Waals surface area contributed by atoms with Gasteiger partial charge in [-0.25, -0.2) is 0 Å². The second kappa shape index (κ2) is 7.52. The molecule has 0 spiro atoms. The summed E-state index contributed by atoms with van der Waals surface area (Å²) in [6, 6.07) is -0.0192. The number of hydrogen-bond acceptors (Lipinski definition) is 3. The third-order valence-corrected chi connectivity index (χ3v) is 5.83. The lowest BCUT2D eigenvalue weighted by atomic mass is 10.0. The van der Waals surface area contributed by atoms with Crippen LogP contribution in [0.15, 0.2) is 0 Å². The zero-order chi connectivity index (χ0) is 15.4. The molecule has 0 bridgehead atoms. The Hall–Kier alpha value is -0.710. The average molecular weight is 312 g/mol. The van der Waals surface area contributed by atoms with Gasteiger partial charge in [0.1, 0.15) is 6.04 Å². The third kappa shape index (κ3) is 3.93. The number of rotatable bonds is 6. The van der Waals surface area contributed by atoms with Gasteiger partial charge in [0.25, 0.3) is 0 Å². The van der Waals surface area contributed by atoms with Crippen LogP contribution in [0, 0.1) is 5.92 Å². The molecule has 1 aliphatic carbocycles. The van der Waals surface area contributed by atoms with Gasteiger partial charge in [-0.1, -0.05) is 27.2 Å². The lowest BCUT2D eigenvalue weighted by molar-refractivity contribution is -0.139. The van der Waals surface area contributed by atoms with Crippen molar-refractivity contribution in [2.24, 2.45) is 5.92 Å². The molecule has 2 fully saturated rings. The minimum atomic E-state index is -0.298. The molecule has 120 valence electrons. The summed E-state index contributed by atoms with van der Waals surface area (Å²) < 4.78 is 0. The quantitative estimate of drug-likeness (QED) is 0.819. The fourth-order valence-corrected chi connectivity index (χ4v) is 4.74. The van der Waals surface area contributed by atoms with Crippen LogP contribution in [-0.2, 0) is 9.59 Å². The third-order valence-electron chi connectivity index (χ3n) is 4.51.